The number of nitrogens with one attached hydrogen (secondary N) is 3. The standard InChI is InChI=1S/C15H25N7O2S/c1-5-16-13-9-14(20-11(3)19-13)17-7-8-18-25(23,24)15-10-22(6-2)12(4)21-15/h9-10,18H,5-8H2,1-4H3,(H2,16,17,19,20). The van der Waals surface area contributed by atoms with Gasteiger partial charge in [-0.2, -0.15) is 0 Å². The molecule has 0 spiro atoms. The van der Waals surface area contributed by atoms with Crippen molar-refractivity contribution in [3.05, 3.63) is 23.9 Å². The Kier molecular flexibility index (Phi) is 6.32. The molecule has 2 aromatic heterocycles. The predicted octanol–water partition coefficient (Wildman–Crippen LogP) is 1.13. The lowest BCUT2D eigenvalue weighted by Crippen LogP contribution is -2.29. The second-order valence-corrected chi connectivity index (χ2v) is 7.17. The van der Waals surface area contributed by atoms with Gasteiger partial charge >= 0.3 is 0 Å². The Morgan fingerprint density at radius 3 is 2.32 bits per heavy atom. The van der Waals surface area contributed by atoms with E-state index >= 15 is 0 Å². The van der Waals surface area contributed by atoms with E-state index in [0.29, 0.717) is 30.6 Å². The second-order valence-electron chi connectivity index (χ2n) is 5.45. The van der Waals surface area contributed by atoms with E-state index in [2.05, 4.69) is 30.3 Å². The van der Waals surface area contributed by atoms with Crippen molar-refractivity contribution in [1.82, 2.24) is 24.2 Å². The highest BCUT2D eigenvalue weighted by atomic mass is 32.2. The molecule has 0 radical (unpaired) electrons. The summed E-state index contributed by atoms with van der Waals surface area (Å²) in [6, 6.07) is 1.79. The van der Waals surface area contributed by atoms with Gasteiger partial charge in [-0.25, -0.2) is 28.1 Å². The number of aromatic nitrogens is 4. The fourth-order valence-corrected chi connectivity index (χ4v) is 3.35. The summed E-state index contributed by atoms with van der Waals surface area (Å²) in [7, 11) is -3.62. The van der Waals surface area contributed by atoms with Gasteiger partial charge < -0.3 is 15.2 Å². The van der Waals surface area contributed by atoms with Crippen LogP contribution in [0.5, 0.6) is 0 Å². The molecule has 2 rings (SSSR count). The Morgan fingerprint density at radius 2 is 1.72 bits per heavy atom. The van der Waals surface area contributed by atoms with Gasteiger partial charge in [-0.3, -0.25) is 0 Å². The molecule has 25 heavy (non-hydrogen) atoms. The molecule has 9 nitrogen and oxygen atoms in total. The quantitative estimate of drug-likeness (QED) is 0.569. The number of imidazole rings is 1. The third-order valence-corrected chi connectivity index (χ3v) is 4.82. The number of sulfonamides is 1. The third kappa shape index (κ3) is 5.13. The molecule has 0 aliphatic heterocycles. The van der Waals surface area contributed by atoms with Crippen molar-refractivity contribution in [2.45, 2.75) is 39.3 Å². The van der Waals surface area contributed by atoms with Crippen LogP contribution < -0.4 is 15.4 Å². The molecule has 138 valence electrons. The minimum Gasteiger partial charge on any atom is -0.370 e. The summed E-state index contributed by atoms with van der Waals surface area (Å²) in [5, 5.41) is 6.26. The Morgan fingerprint density at radius 1 is 1.04 bits per heavy atom. The zero-order valence-corrected chi connectivity index (χ0v) is 15.8. The molecule has 0 fully saturated rings. The number of nitrogens with zero attached hydrogens (tertiary/aromatic N) is 4. The average Bonchev–Trinajstić information content (AvgIpc) is 2.93. The molecule has 0 aliphatic carbocycles. The van der Waals surface area contributed by atoms with Crippen molar-refractivity contribution >= 4 is 21.7 Å². The fraction of sp³-hybridized carbons (Fsp3) is 0.533. The zero-order chi connectivity index (χ0) is 18.4. The van der Waals surface area contributed by atoms with E-state index in [1.54, 1.807) is 30.7 Å². The Labute approximate surface area is 148 Å². The van der Waals surface area contributed by atoms with Gasteiger partial charge in [0.1, 0.15) is 23.3 Å². The van der Waals surface area contributed by atoms with E-state index in [0.717, 1.165) is 12.4 Å². The van der Waals surface area contributed by atoms with Crippen LogP contribution >= 0.6 is 0 Å². The summed E-state index contributed by atoms with van der Waals surface area (Å²) < 4.78 is 28.9. The molecule has 3 N–H and O–H groups in total. The van der Waals surface area contributed by atoms with Crippen molar-refractivity contribution in [2.75, 3.05) is 30.3 Å². The average molecular weight is 367 g/mol. The highest BCUT2D eigenvalue weighted by Crippen LogP contribution is 2.11. The maximum Gasteiger partial charge on any atom is 0.259 e. The lowest BCUT2D eigenvalue weighted by atomic mass is 10.4. The summed E-state index contributed by atoms with van der Waals surface area (Å²) >= 11 is 0. The van der Waals surface area contributed by atoms with E-state index in [1.807, 2.05) is 13.8 Å². The van der Waals surface area contributed by atoms with E-state index in [4.69, 9.17) is 0 Å². The Bertz CT molecular complexity index is 817. The number of hydrogen-bond donors (Lipinski definition) is 3. The first kappa shape index (κ1) is 19.1. The van der Waals surface area contributed by atoms with Crippen LogP contribution in [0.25, 0.3) is 0 Å². The molecule has 0 atom stereocenters. The van der Waals surface area contributed by atoms with Crippen molar-refractivity contribution < 1.29 is 8.42 Å². The topological polar surface area (TPSA) is 114 Å². The number of anilines is 2. The minimum absolute atomic E-state index is 0.0409. The van der Waals surface area contributed by atoms with Crippen LogP contribution in [0, 0.1) is 13.8 Å². The van der Waals surface area contributed by atoms with Crippen LogP contribution in [0.15, 0.2) is 17.3 Å². The minimum atomic E-state index is -3.62. The third-order valence-electron chi connectivity index (χ3n) is 3.49. The molecule has 0 aliphatic rings. The lowest BCUT2D eigenvalue weighted by Gasteiger charge is -2.09. The highest BCUT2D eigenvalue weighted by molar-refractivity contribution is 7.89. The summed E-state index contributed by atoms with van der Waals surface area (Å²) in [5.41, 5.74) is 0. The summed E-state index contributed by atoms with van der Waals surface area (Å²) in [4.78, 5) is 12.6. The fourth-order valence-electron chi connectivity index (χ4n) is 2.31. The smallest absolute Gasteiger partial charge is 0.259 e. The van der Waals surface area contributed by atoms with E-state index in [-0.39, 0.29) is 11.6 Å². The van der Waals surface area contributed by atoms with E-state index < -0.39 is 10.0 Å². The lowest BCUT2D eigenvalue weighted by molar-refractivity contribution is 0.579. The molecule has 2 aromatic rings. The van der Waals surface area contributed by atoms with Crippen LogP contribution in [0.2, 0.25) is 0 Å². The SMILES string of the molecule is CCNc1cc(NCCNS(=O)(=O)c2cn(CC)c(C)n2)nc(C)n1. The van der Waals surface area contributed by atoms with Crippen LogP contribution in [0.3, 0.4) is 0 Å². The first-order valence-corrected chi connectivity index (χ1v) is 9.71. The first-order valence-electron chi connectivity index (χ1n) is 8.22. The second kappa shape index (κ2) is 8.26. The van der Waals surface area contributed by atoms with Crippen LogP contribution in [-0.2, 0) is 16.6 Å². The maximum atomic E-state index is 12.3. The highest BCUT2D eigenvalue weighted by Gasteiger charge is 2.18. The molecule has 0 saturated carbocycles. The molecule has 0 unspecified atom stereocenters. The molecule has 0 amide bonds. The Balaban J connectivity index is 1.92. The monoisotopic (exact) mass is 367 g/mol. The van der Waals surface area contributed by atoms with Gasteiger partial charge in [-0.1, -0.05) is 0 Å². The summed E-state index contributed by atoms with van der Waals surface area (Å²) in [6.45, 7) is 9.57. The molecule has 0 saturated heterocycles. The van der Waals surface area contributed by atoms with Gasteiger partial charge in [-0.05, 0) is 27.7 Å². The molecular formula is C15H25N7O2S. The van der Waals surface area contributed by atoms with Gasteiger partial charge in [0.2, 0.25) is 0 Å². The Hall–Kier alpha value is -2.20. The van der Waals surface area contributed by atoms with Gasteiger partial charge in [0.25, 0.3) is 10.0 Å². The van der Waals surface area contributed by atoms with E-state index in [9.17, 15) is 8.42 Å². The molecule has 0 aromatic carbocycles. The van der Waals surface area contributed by atoms with Gasteiger partial charge in [0.05, 0.1) is 0 Å². The predicted molar refractivity (Wildman–Crippen MR) is 97.2 cm³/mol. The largest absolute Gasteiger partial charge is 0.370 e. The van der Waals surface area contributed by atoms with Crippen molar-refractivity contribution in [1.29, 1.82) is 0 Å². The number of aryl methyl sites for hydroxylation is 3. The molecule has 0 bridgehead atoms. The molecule has 10 heteroatoms. The normalized spacial score (nSPS) is 11.5. The molecular weight excluding hydrogens is 342 g/mol. The molecule has 2 heterocycles. The summed E-state index contributed by atoms with van der Waals surface area (Å²) in [6.07, 6.45) is 1.54. The van der Waals surface area contributed by atoms with Gasteiger partial charge in [0, 0.05) is 38.4 Å². The van der Waals surface area contributed by atoms with Crippen LogP contribution in [0.4, 0.5) is 11.6 Å². The van der Waals surface area contributed by atoms with Crippen molar-refractivity contribution in [3.63, 3.8) is 0 Å². The maximum absolute atomic E-state index is 12.3. The van der Waals surface area contributed by atoms with E-state index in [1.165, 1.54) is 0 Å². The number of rotatable bonds is 9. The zero-order valence-electron chi connectivity index (χ0n) is 15.0. The van der Waals surface area contributed by atoms with Crippen molar-refractivity contribution in [2.24, 2.45) is 0 Å². The van der Waals surface area contributed by atoms with Crippen LogP contribution in [-0.4, -0.2) is 47.6 Å². The van der Waals surface area contributed by atoms with Gasteiger partial charge in [0.15, 0.2) is 5.03 Å². The van der Waals surface area contributed by atoms with Crippen molar-refractivity contribution in [3.8, 4) is 0 Å². The summed E-state index contributed by atoms with van der Waals surface area (Å²) in [5.74, 6) is 2.70. The number of hydrogen-bond acceptors (Lipinski definition) is 7. The van der Waals surface area contributed by atoms with Gasteiger partial charge in [-0.15, -0.1) is 0 Å². The van der Waals surface area contributed by atoms with Crippen LogP contribution in [0.1, 0.15) is 25.5 Å². The first-order chi connectivity index (χ1) is 11.9.